The fraction of sp³-hybridized carbons (Fsp3) is 0.417. The number of hydrogen-bond acceptors (Lipinski definition) is 0. The smallest absolute Gasteiger partial charge is 0.00577 e. The predicted molar refractivity (Wildman–Crippen MR) is 107 cm³/mol. The van der Waals surface area contributed by atoms with Gasteiger partial charge in [-0.25, -0.2) is 0 Å². The van der Waals surface area contributed by atoms with Gasteiger partial charge in [-0.2, -0.15) is 0 Å². The van der Waals surface area contributed by atoms with Crippen LogP contribution in [0.4, 0.5) is 0 Å². The van der Waals surface area contributed by atoms with Gasteiger partial charge in [0.05, 0.1) is 0 Å². The molecule has 0 amide bonds. The molecule has 0 N–H and O–H groups in total. The van der Waals surface area contributed by atoms with Gasteiger partial charge in [-0.1, -0.05) is 89.6 Å². The molecule has 0 bridgehead atoms. The minimum absolute atomic E-state index is 0.136. The van der Waals surface area contributed by atoms with Gasteiger partial charge in [-0.3, -0.25) is 0 Å². The Morgan fingerprint density at radius 1 is 1.00 bits per heavy atom. The topological polar surface area (TPSA) is 0 Å². The van der Waals surface area contributed by atoms with Crippen molar-refractivity contribution in [1.29, 1.82) is 0 Å². The van der Waals surface area contributed by atoms with E-state index >= 15 is 0 Å². The maximum atomic E-state index is 2.46. The highest BCUT2D eigenvalue weighted by atomic mass is 14.3. The van der Waals surface area contributed by atoms with E-state index in [9.17, 15) is 0 Å². The van der Waals surface area contributed by atoms with Gasteiger partial charge in [0.25, 0.3) is 0 Å². The minimum Gasteiger partial charge on any atom is -0.0655 e. The van der Waals surface area contributed by atoms with E-state index in [2.05, 4.69) is 84.0 Å². The number of fused-ring (bicyclic) bond motifs is 1. The van der Waals surface area contributed by atoms with Crippen LogP contribution in [0.3, 0.4) is 0 Å². The monoisotopic (exact) mass is 318 g/mol. The lowest BCUT2D eigenvalue weighted by Gasteiger charge is -2.27. The van der Waals surface area contributed by atoms with Crippen LogP contribution in [0.15, 0.2) is 42.0 Å². The molecule has 0 heterocycles. The zero-order valence-electron chi connectivity index (χ0n) is 16.0. The third-order valence-electron chi connectivity index (χ3n) is 5.22. The summed E-state index contributed by atoms with van der Waals surface area (Å²) in [4.78, 5) is 0. The molecule has 0 radical (unpaired) electrons. The lowest BCUT2D eigenvalue weighted by Crippen LogP contribution is -2.14. The number of rotatable bonds is 3. The number of benzene rings is 2. The van der Waals surface area contributed by atoms with E-state index in [0.29, 0.717) is 5.92 Å². The molecular weight excluding hydrogens is 288 g/mol. The standard InChI is InChI=1S/C24H30/c1-7-17-14-18-12-13-22(24(4,5)6)23(21(18)15-17)20-11-9-8-10-19(20)16(2)3/h8-13,15-16H,7,14H2,1-6H3. The molecule has 0 spiro atoms. The van der Waals surface area contributed by atoms with Gasteiger partial charge in [0, 0.05) is 0 Å². The summed E-state index contributed by atoms with van der Waals surface area (Å²) < 4.78 is 0. The van der Waals surface area contributed by atoms with E-state index in [-0.39, 0.29) is 5.41 Å². The van der Waals surface area contributed by atoms with Crippen LogP contribution in [0.1, 0.15) is 76.1 Å². The molecule has 0 fully saturated rings. The number of allylic oxidation sites excluding steroid dienone is 1. The largest absolute Gasteiger partial charge is 0.0655 e. The molecule has 0 heteroatoms. The highest BCUT2D eigenvalue weighted by molar-refractivity contribution is 5.85. The Kier molecular flexibility index (Phi) is 4.42. The molecule has 0 aromatic heterocycles. The summed E-state index contributed by atoms with van der Waals surface area (Å²) in [5.41, 5.74) is 10.4. The van der Waals surface area contributed by atoms with E-state index in [0.717, 1.165) is 12.8 Å². The van der Waals surface area contributed by atoms with E-state index in [1.54, 1.807) is 5.57 Å². The maximum Gasteiger partial charge on any atom is -0.00577 e. The van der Waals surface area contributed by atoms with Crippen molar-refractivity contribution in [3.8, 4) is 11.1 Å². The van der Waals surface area contributed by atoms with E-state index in [1.165, 1.54) is 33.4 Å². The first-order valence-corrected chi connectivity index (χ1v) is 9.28. The van der Waals surface area contributed by atoms with Crippen molar-refractivity contribution in [3.63, 3.8) is 0 Å². The van der Waals surface area contributed by atoms with Gasteiger partial charge in [0.15, 0.2) is 0 Å². The summed E-state index contributed by atoms with van der Waals surface area (Å²) in [6.07, 6.45) is 4.72. The highest BCUT2D eigenvalue weighted by Crippen LogP contribution is 2.43. The van der Waals surface area contributed by atoms with Crippen LogP contribution in [0, 0.1) is 0 Å². The predicted octanol–water partition coefficient (Wildman–Crippen LogP) is 7.12. The molecular formula is C24H30. The molecule has 1 aliphatic carbocycles. The molecule has 2 aromatic rings. The van der Waals surface area contributed by atoms with Gasteiger partial charge < -0.3 is 0 Å². The second kappa shape index (κ2) is 6.24. The summed E-state index contributed by atoms with van der Waals surface area (Å²) in [5.74, 6) is 0.529. The Morgan fingerprint density at radius 2 is 1.71 bits per heavy atom. The second-order valence-electron chi connectivity index (χ2n) is 8.39. The Morgan fingerprint density at radius 3 is 2.33 bits per heavy atom. The van der Waals surface area contributed by atoms with Crippen LogP contribution in [0.2, 0.25) is 0 Å². The van der Waals surface area contributed by atoms with Crippen LogP contribution in [0.5, 0.6) is 0 Å². The van der Waals surface area contributed by atoms with Crippen molar-refractivity contribution in [2.24, 2.45) is 0 Å². The maximum absolute atomic E-state index is 2.46. The van der Waals surface area contributed by atoms with Crippen LogP contribution >= 0.6 is 0 Å². The zero-order chi connectivity index (χ0) is 17.5. The Bertz CT molecular complexity index is 782. The Balaban J connectivity index is 2.35. The normalized spacial score (nSPS) is 14.0. The zero-order valence-corrected chi connectivity index (χ0v) is 16.0. The quantitative estimate of drug-likeness (QED) is 0.565. The molecule has 1 aliphatic rings. The van der Waals surface area contributed by atoms with Gasteiger partial charge in [-0.05, 0) is 57.6 Å². The van der Waals surface area contributed by atoms with Crippen molar-refractivity contribution < 1.29 is 0 Å². The van der Waals surface area contributed by atoms with Crippen molar-refractivity contribution in [1.82, 2.24) is 0 Å². The molecule has 0 saturated heterocycles. The molecule has 0 unspecified atom stereocenters. The van der Waals surface area contributed by atoms with Crippen LogP contribution in [-0.2, 0) is 11.8 Å². The first-order chi connectivity index (χ1) is 11.3. The van der Waals surface area contributed by atoms with Crippen molar-refractivity contribution in [2.75, 3.05) is 0 Å². The molecule has 126 valence electrons. The van der Waals surface area contributed by atoms with E-state index in [4.69, 9.17) is 0 Å². The van der Waals surface area contributed by atoms with Crippen LogP contribution in [0.25, 0.3) is 17.2 Å². The first kappa shape index (κ1) is 17.0. The third kappa shape index (κ3) is 2.95. The Labute approximate surface area is 147 Å². The summed E-state index contributed by atoms with van der Waals surface area (Å²) in [5, 5.41) is 0. The van der Waals surface area contributed by atoms with Crippen molar-refractivity contribution in [3.05, 3.63) is 64.2 Å². The molecule has 2 aromatic carbocycles. The van der Waals surface area contributed by atoms with Crippen LogP contribution in [-0.4, -0.2) is 0 Å². The minimum atomic E-state index is 0.136. The van der Waals surface area contributed by atoms with Gasteiger partial charge in [0.1, 0.15) is 0 Å². The average Bonchev–Trinajstić information content (AvgIpc) is 2.96. The molecule has 0 nitrogen and oxygen atoms in total. The second-order valence-corrected chi connectivity index (χ2v) is 8.39. The Hall–Kier alpha value is -1.82. The van der Waals surface area contributed by atoms with Crippen molar-refractivity contribution >= 4 is 6.08 Å². The lowest BCUT2D eigenvalue weighted by atomic mass is 9.77. The average molecular weight is 319 g/mol. The first-order valence-electron chi connectivity index (χ1n) is 9.28. The van der Waals surface area contributed by atoms with E-state index in [1.807, 2.05) is 0 Å². The van der Waals surface area contributed by atoms with Crippen molar-refractivity contribution in [2.45, 2.75) is 65.7 Å². The molecule has 3 rings (SSSR count). The third-order valence-corrected chi connectivity index (χ3v) is 5.22. The fourth-order valence-corrected chi connectivity index (χ4v) is 3.85. The SMILES string of the molecule is CCC1=Cc2c(ccc(C(C)(C)C)c2-c2ccccc2C(C)C)C1. The summed E-state index contributed by atoms with van der Waals surface area (Å²) >= 11 is 0. The molecule has 0 saturated carbocycles. The van der Waals surface area contributed by atoms with Gasteiger partial charge in [-0.15, -0.1) is 0 Å². The lowest BCUT2D eigenvalue weighted by molar-refractivity contribution is 0.591. The highest BCUT2D eigenvalue weighted by Gasteiger charge is 2.26. The van der Waals surface area contributed by atoms with Gasteiger partial charge in [0.2, 0.25) is 0 Å². The molecule has 24 heavy (non-hydrogen) atoms. The van der Waals surface area contributed by atoms with Crippen LogP contribution < -0.4 is 0 Å². The summed E-state index contributed by atoms with van der Waals surface area (Å²) in [7, 11) is 0. The summed E-state index contributed by atoms with van der Waals surface area (Å²) in [6.45, 7) is 13.9. The van der Waals surface area contributed by atoms with E-state index < -0.39 is 0 Å². The molecule has 0 atom stereocenters. The summed E-state index contributed by atoms with van der Waals surface area (Å²) in [6, 6.07) is 13.7. The number of hydrogen-bond donors (Lipinski definition) is 0. The van der Waals surface area contributed by atoms with Gasteiger partial charge >= 0.3 is 0 Å². The molecule has 0 aliphatic heterocycles. The fourth-order valence-electron chi connectivity index (χ4n) is 3.85.